The fourth-order valence-electron chi connectivity index (χ4n) is 11.7. The van der Waals surface area contributed by atoms with Gasteiger partial charge in [0, 0.05) is 33.7 Å². The zero-order valence-corrected chi connectivity index (χ0v) is 44.1. The molecule has 14 aromatic carbocycles. The lowest BCUT2D eigenvalue weighted by Crippen LogP contribution is -2.13. The molecule has 0 radical (unpaired) electrons. The lowest BCUT2D eigenvalue weighted by atomic mass is 9.92. The Labute approximate surface area is 468 Å². The second-order valence-electron chi connectivity index (χ2n) is 20.5. The molecule has 0 N–H and O–H groups in total. The smallest absolute Gasteiger partial charge is 0.0547 e. The van der Waals surface area contributed by atoms with Gasteiger partial charge in [-0.15, -0.1) is 0 Å². The first-order valence-electron chi connectivity index (χ1n) is 27.5. The van der Waals surface area contributed by atoms with E-state index in [9.17, 15) is 0 Å². The average Bonchev–Trinajstić information content (AvgIpc) is 3.70. The van der Waals surface area contributed by atoms with E-state index in [4.69, 9.17) is 0 Å². The average molecular weight is 1020 g/mol. The van der Waals surface area contributed by atoms with Crippen LogP contribution in [-0.2, 0) is 0 Å². The highest BCUT2D eigenvalue weighted by Gasteiger charge is 2.24. The van der Waals surface area contributed by atoms with Gasteiger partial charge in [0.15, 0.2) is 0 Å². The summed E-state index contributed by atoms with van der Waals surface area (Å²) in [6.45, 7) is 0. The van der Waals surface area contributed by atoms with Crippen molar-refractivity contribution >= 4 is 66.4 Å². The molecular weight excluding hydrogens is 965 g/mol. The van der Waals surface area contributed by atoms with E-state index in [1.807, 2.05) is 0 Å². The number of hydrogen-bond donors (Lipinski definition) is 0. The molecule has 0 saturated carbocycles. The van der Waals surface area contributed by atoms with Gasteiger partial charge in [0.25, 0.3) is 0 Å². The van der Waals surface area contributed by atoms with Crippen LogP contribution in [0.4, 0.5) is 34.1 Å². The highest BCUT2D eigenvalue weighted by atomic mass is 15.2. The van der Waals surface area contributed by atoms with Gasteiger partial charge >= 0.3 is 0 Å². The van der Waals surface area contributed by atoms with Crippen LogP contribution >= 0.6 is 0 Å². The van der Waals surface area contributed by atoms with Gasteiger partial charge < -0.3 is 9.80 Å². The first-order valence-corrected chi connectivity index (χ1v) is 27.5. The predicted molar refractivity (Wildman–Crippen MR) is 341 cm³/mol. The third kappa shape index (κ3) is 9.25. The zero-order chi connectivity index (χ0) is 53.2. The molecule has 0 amide bonds. The molecule has 0 aliphatic carbocycles. The largest absolute Gasteiger partial charge is 0.310 e. The van der Waals surface area contributed by atoms with Crippen LogP contribution in [0.15, 0.2) is 328 Å². The Morgan fingerprint density at radius 1 is 0.163 bits per heavy atom. The molecule has 80 heavy (non-hydrogen) atoms. The quantitative estimate of drug-likeness (QED) is 0.120. The van der Waals surface area contributed by atoms with Crippen molar-refractivity contribution in [2.75, 3.05) is 9.80 Å². The minimum atomic E-state index is 1.05. The van der Waals surface area contributed by atoms with Crippen LogP contribution in [-0.4, -0.2) is 0 Å². The first-order chi connectivity index (χ1) is 39.7. The van der Waals surface area contributed by atoms with Gasteiger partial charge in [0.1, 0.15) is 0 Å². The summed E-state index contributed by atoms with van der Waals surface area (Å²) in [5.74, 6) is 0. The van der Waals surface area contributed by atoms with E-state index in [2.05, 4.69) is 337 Å². The Morgan fingerprint density at radius 2 is 0.537 bits per heavy atom. The summed E-state index contributed by atoms with van der Waals surface area (Å²) in [6.07, 6.45) is 0. The second-order valence-corrected chi connectivity index (χ2v) is 20.5. The molecule has 0 fully saturated rings. The highest BCUT2D eigenvalue weighted by Crippen LogP contribution is 2.49. The normalized spacial score (nSPS) is 11.2. The summed E-state index contributed by atoms with van der Waals surface area (Å²) >= 11 is 0. The molecule has 0 unspecified atom stereocenters. The van der Waals surface area contributed by atoms with Crippen LogP contribution < -0.4 is 9.80 Å². The van der Waals surface area contributed by atoms with Crippen molar-refractivity contribution < 1.29 is 0 Å². The molecule has 0 saturated heterocycles. The van der Waals surface area contributed by atoms with Gasteiger partial charge in [0.05, 0.1) is 11.4 Å². The molecule has 0 heterocycles. The Balaban J connectivity index is 1.04. The topological polar surface area (TPSA) is 6.48 Å². The predicted octanol–water partition coefficient (Wildman–Crippen LogP) is 22.1. The minimum absolute atomic E-state index is 1.05. The van der Waals surface area contributed by atoms with Crippen LogP contribution in [0.2, 0.25) is 0 Å². The first kappa shape index (κ1) is 47.9. The van der Waals surface area contributed by atoms with E-state index in [-0.39, 0.29) is 0 Å². The third-order valence-electron chi connectivity index (χ3n) is 15.6. The summed E-state index contributed by atoms with van der Waals surface area (Å²) in [6, 6.07) is 120. The van der Waals surface area contributed by atoms with Gasteiger partial charge in [0.2, 0.25) is 0 Å². The molecule has 0 aliphatic rings. The van der Waals surface area contributed by atoms with Crippen LogP contribution in [0.1, 0.15) is 0 Å². The van der Waals surface area contributed by atoms with Gasteiger partial charge in [-0.3, -0.25) is 0 Å². The Hall–Kier alpha value is -10.5. The zero-order valence-electron chi connectivity index (χ0n) is 44.1. The second kappa shape index (κ2) is 21.1. The molecule has 0 aliphatic heterocycles. The van der Waals surface area contributed by atoms with Crippen molar-refractivity contribution in [2.24, 2.45) is 0 Å². The molecule has 0 bridgehead atoms. The fourth-order valence-corrected chi connectivity index (χ4v) is 11.7. The van der Waals surface area contributed by atoms with Gasteiger partial charge in [-0.05, 0) is 161 Å². The molecular formula is C78H54N2. The lowest BCUT2D eigenvalue weighted by molar-refractivity contribution is 1.28. The monoisotopic (exact) mass is 1020 g/mol. The van der Waals surface area contributed by atoms with Crippen molar-refractivity contribution in [2.45, 2.75) is 0 Å². The standard InChI is InChI=1S/C78H54N2/c1-5-21-55(22-6-1)63-33-17-35-69(50-63)79(67-45-41-61(42-46-67)73-39-19-31-58-29-13-15-37-71(58)73)77-53-65(57-25-9-3-10-26-57)49-66-52-75(60-27-11-4-12-28-60)78(54-76(66)77)80(70-36-18-34-64(51-70)56-23-7-2-8-24-56)68-47-43-62(44-48-68)74-40-20-32-59-30-14-16-38-72(59)74/h1-54H. The molecule has 376 valence electrons. The summed E-state index contributed by atoms with van der Waals surface area (Å²) in [7, 11) is 0. The van der Waals surface area contributed by atoms with Crippen molar-refractivity contribution in [3.63, 3.8) is 0 Å². The Kier molecular flexibility index (Phi) is 12.6. The number of anilines is 6. The summed E-state index contributed by atoms with van der Waals surface area (Å²) in [5, 5.41) is 7.17. The molecule has 2 nitrogen and oxygen atoms in total. The lowest BCUT2D eigenvalue weighted by Gasteiger charge is -2.31. The van der Waals surface area contributed by atoms with E-state index in [1.165, 1.54) is 43.8 Å². The van der Waals surface area contributed by atoms with E-state index in [0.717, 1.165) is 89.4 Å². The van der Waals surface area contributed by atoms with Crippen molar-refractivity contribution in [1.82, 2.24) is 0 Å². The summed E-state index contributed by atoms with van der Waals surface area (Å²) in [4.78, 5) is 4.94. The molecule has 2 heteroatoms. The Morgan fingerprint density at radius 3 is 1.02 bits per heavy atom. The van der Waals surface area contributed by atoms with Gasteiger partial charge in [-0.25, -0.2) is 0 Å². The number of benzene rings is 14. The van der Waals surface area contributed by atoms with Crippen molar-refractivity contribution in [1.29, 1.82) is 0 Å². The number of nitrogens with zero attached hydrogens (tertiary/aromatic N) is 2. The summed E-state index contributed by atoms with van der Waals surface area (Å²) < 4.78 is 0. The summed E-state index contributed by atoms with van der Waals surface area (Å²) in [5.41, 5.74) is 20.2. The van der Waals surface area contributed by atoms with Gasteiger partial charge in [-0.2, -0.15) is 0 Å². The minimum Gasteiger partial charge on any atom is -0.310 e. The maximum atomic E-state index is 2.47. The maximum Gasteiger partial charge on any atom is 0.0547 e. The Bertz CT molecular complexity index is 4490. The van der Waals surface area contributed by atoms with Gasteiger partial charge in [-0.1, -0.05) is 255 Å². The fraction of sp³-hybridized carbons (Fsp3) is 0. The molecule has 0 atom stereocenters. The molecule has 14 rings (SSSR count). The van der Waals surface area contributed by atoms with E-state index in [1.54, 1.807) is 0 Å². The SMILES string of the molecule is c1ccc(-c2cccc(N(c3ccc(-c4cccc5ccccc45)cc3)c3cc4c(N(c5ccc(-c6cccc7ccccc67)cc5)c5cccc(-c6ccccc6)c5)cc(-c5ccccc5)cc4cc3-c3ccccc3)c2)cc1. The number of hydrogen-bond acceptors (Lipinski definition) is 2. The van der Waals surface area contributed by atoms with E-state index < -0.39 is 0 Å². The van der Waals surface area contributed by atoms with E-state index in [0.29, 0.717) is 0 Å². The number of fused-ring (bicyclic) bond motifs is 3. The highest BCUT2D eigenvalue weighted by molar-refractivity contribution is 6.08. The van der Waals surface area contributed by atoms with Crippen LogP contribution in [0.5, 0.6) is 0 Å². The number of rotatable bonds is 12. The van der Waals surface area contributed by atoms with Crippen LogP contribution in [0, 0.1) is 0 Å². The van der Waals surface area contributed by atoms with Crippen LogP contribution in [0.25, 0.3) is 99.1 Å². The third-order valence-corrected chi connectivity index (χ3v) is 15.6. The van der Waals surface area contributed by atoms with Crippen molar-refractivity contribution in [3.05, 3.63) is 328 Å². The maximum absolute atomic E-state index is 2.47. The molecule has 14 aromatic rings. The van der Waals surface area contributed by atoms with Crippen molar-refractivity contribution in [3.8, 4) is 66.8 Å². The van der Waals surface area contributed by atoms with Crippen LogP contribution in [0.3, 0.4) is 0 Å². The molecule has 0 spiro atoms. The molecule has 0 aromatic heterocycles. The van der Waals surface area contributed by atoms with E-state index >= 15 is 0 Å².